The molecule has 0 aliphatic carbocycles. The molecule has 0 saturated heterocycles. The minimum Gasteiger partial charge on any atom is -0.484 e. The first-order valence-corrected chi connectivity index (χ1v) is 7.92. The second-order valence-electron chi connectivity index (χ2n) is 5.91. The molecule has 0 fully saturated rings. The molecular formula is C19H19N3O3. The van der Waals surface area contributed by atoms with Gasteiger partial charge in [0, 0.05) is 5.56 Å². The highest BCUT2D eigenvalue weighted by Crippen LogP contribution is 2.26. The van der Waals surface area contributed by atoms with Gasteiger partial charge in [-0.1, -0.05) is 29.8 Å². The van der Waals surface area contributed by atoms with E-state index in [1.54, 1.807) is 0 Å². The molecule has 1 amide bonds. The van der Waals surface area contributed by atoms with E-state index < -0.39 is 0 Å². The molecule has 0 unspecified atom stereocenters. The summed E-state index contributed by atoms with van der Waals surface area (Å²) in [4.78, 5) is 12.1. The molecule has 0 atom stereocenters. The number of benzene rings is 2. The molecule has 2 aromatic carbocycles. The number of carbonyl (C=O) groups is 1. The quantitative estimate of drug-likeness (QED) is 0.768. The minimum absolute atomic E-state index is 0.123. The second-order valence-corrected chi connectivity index (χ2v) is 5.91. The van der Waals surface area contributed by atoms with Gasteiger partial charge in [-0.05, 0) is 60.4 Å². The van der Waals surface area contributed by atoms with Gasteiger partial charge in [-0.3, -0.25) is 4.79 Å². The summed E-state index contributed by atoms with van der Waals surface area (Å²) in [6.45, 7) is 5.91. The number of ether oxygens (including phenoxy) is 1. The van der Waals surface area contributed by atoms with Crippen LogP contribution in [0.3, 0.4) is 0 Å². The highest BCUT2D eigenvalue weighted by molar-refractivity contribution is 5.94. The van der Waals surface area contributed by atoms with E-state index >= 15 is 0 Å². The number of rotatable bonds is 5. The van der Waals surface area contributed by atoms with Gasteiger partial charge in [-0.25, -0.2) is 4.63 Å². The van der Waals surface area contributed by atoms with E-state index in [0.717, 1.165) is 16.7 Å². The number of hydrogen-bond acceptors (Lipinski definition) is 5. The lowest BCUT2D eigenvalue weighted by molar-refractivity contribution is -0.118. The van der Waals surface area contributed by atoms with Gasteiger partial charge in [0.05, 0.1) is 0 Å². The van der Waals surface area contributed by atoms with E-state index in [0.29, 0.717) is 11.4 Å². The molecule has 0 saturated carbocycles. The smallest absolute Gasteiger partial charge is 0.263 e. The van der Waals surface area contributed by atoms with E-state index in [9.17, 15) is 4.79 Å². The summed E-state index contributed by atoms with van der Waals surface area (Å²) in [5, 5.41) is 10.3. The molecule has 0 bridgehead atoms. The number of nitrogens with zero attached hydrogens (tertiary/aromatic N) is 2. The van der Waals surface area contributed by atoms with Crippen LogP contribution in [-0.2, 0) is 4.79 Å². The Morgan fingerprint density at radius 1 is 1.04 bits per heavy atom. The molecule has 1 aromatic heterocycles. The zero-order valence-corrected chi connectivity index (χ0v) is 14.4. The summed E-state index contributed by atoms with van der Waals surface area (Å²) in [5.41, 5.74) is 4.76. The zero-order valence-electron chi connectivity index (χ0n) is 14.4. The van der Waals surface area contributed by atoms with Crippen LogP contribution in [-0.4, -0.2) is 22.8 Å². The van der Waals surface area contributed by atoms with Crippen molar-refractivity contribution in [1.29, 1.82) is 0 Å². The molecule has 0 aliphatic heterocycles. The Balaban J connectivity index is 1.67. The maximum absolute atomic E-state index is 12.1. The molecule has 1 heterocycles. The minimum atomic E-state index is -0.332. The van der Waals surface area contributed by atoms with Gasteiger partial charge in [0.25, 0.3) is 5.91 Å². The summed E-state index contributed by atoms with van der Waals surface area (Å²) in [6, 6.07) is 13.4. The molecule has 1 N–H and O–H groups in total. The van der Waals surface area contributed by atoms with Gasteiger partial charge in [0.1, 0.15) is 5.75 Å². The lowest BCUT2D eigenvalue weighted by Gasteiger charge is -2.07. The van der Waals surface area contributed by atoms with Crippen LogP contribution in [0.4, 0.5) is 5.82 Å². The van der Waals surface area contributed by atoms with Crippen LogP contribution in [0.15, 0.2) is 47.1 Å². The predicted octanol–water partition coefficient (Wildman–Crippen LogP) is 3.68. The summed E-state index contributed by atoms with van der Waals surface area (Å²) >= 11 is 0. The average Bonchev–Trinajstić information content (AvgIpc) is 3.05. The molecule has 3 rings (SSSR count). The van der Waals surface area contributed by atoms with Crippen LogP contribution in [0.25, 0.3) is 11.3 Å². The Kier molecular flexibility index (Phi) is 4.79. The van der Waals surface area contributed by atoms with E-state index in [4.69, 9.17) is 9.37 Å². The Morgan fingerprint density at radius 3 is 2.52 bits per heavy atom. The van der Waals surface area contributed by atoms with Gasteiger partial charge in [0.15, 0.2) is 12.3 Å². The molecule has 6 heteroatoms. The number of aryl methyl sites for hydroxylation is 3. The molecule has 3 aromatic rings. The zero-order chi connectivity index (χ0) is 17.8. The van der Waals surface area contributed by atoms with Crippen molar-refractivity contribution in [2.75, 3.05) is 11.9 Å². The van der Waals surface area contributed by atoms with Crippen molar-refractivity contribution < 1.29 is 14.2 Å². The predicted molar refractivity (Wildman–Crippen MR) is 94.5 cm³/mol. The maximum atomic E-state index is 12.1. The number of hydrogen-bond donors (Lipinski definition) is 1. The Bertz CT molecular complexity index is 885. The number of carbonyl (C=O) groups excluding carboxylic acids is 1. The van der Waals surface area contributed by atoms with Crippen LogP contribution in [0.2, 0.25) is 0 Å². The van der Waals surface area contributed by atoms with Crippen molar-refractivity contribution in [3.63, 3.8) is 0 Å². The van der Waals surface area contributed by atoms with Crippen LogP contribution in [0.1, 0.15) is 16.7 Å². The first-order chi connectivity index (χ1) is 12.0. The lowest BCUT2D eigenvalue weighted by atomic mass is 10.0. The van der Waals surface area contributed by atoms with Gasteiger partial charge >= 0.3 is 0 Å². The van der Waals surface area contributed by atoms with Crippen LogP contribution < -0.4 is 10.1 Å². The third-order valence-corrected chi connectivity index (χ3v) is 3.92. The monoisotopic (exact) mass is 337 g/mol. The number of aromatic nitrogens is 2. The number of nitrogens with one attached hydrogen (secondary N) is 1. The SMILES string of the molecule is Cc1ccc(OCC(=O)Nc2nonc2-c2ccc(C)c(C)c2)cc1. The average molecular weight is 337 g/mol. The highest BCUT2D eigenvalue weighted by atomic mass is 16.6. The number of anilines is 1. The standard InChI is InChI=1S/C19H19N3O3/c1-12-4-8-16(9-5-12)24-11-17(23)20-19-18(21-25-22-19)15-7-6-13(2)14(3)10-15/h4-10H,11H2,1-3H3,(H,20,22,23). The second kappa shape index (κ2) is 7.17. The Morgan fingerprint density at radius 2 is 1.80 bits per heavy atom. The van der Waals surface area contributed by atoms with Crippen molar-refractivity contribution >= 4 is 11.7 Å². The largest absolute Gasteiger partial charge is 0.484 e. The first kappa shape index (κ1) is 16.7. The van der Waals surface area contributed by atoms with Crippen molar-refractivity contribution in [2.45, 2.75) is 20.8 Å². The lowest BCUT2D eigenvalue weighted by Crippen LogP contribution is -2.20. The third-order valence-electron chi connectivity index (χ3n) is 3.92. The summed E-state index contributed by atoms with van der Waals surface area (Å²) < 4.78 is 10.3. The molecule has 0 aliphatic rings. The Hall–Kier alpha value is -3.15. The van der Waals surface area contributed by atoms with E-state index in [1.165, 1.54) is 5.56 Å². The fraction of sp³-hybridized carbons (Fsp3) is 0.211. The molecule has 0 spiro atoms. The molecule has 6 nitrogen and oxygen atoms in total. The van der Waals surface area contributed by atoms with Crippen LogP contribution in [0, 0.1) is 20.8 Å². The van der Waals surface area contributed by atoms with Gasteiger partial charge in [0.2, 0.25) is 5.82 Å². The van der Waals surface area contributed by atoms with Crippen LogP contribution in [0.5, 0.6) is 5.75 Å². The van der Waals surface area contributed by atoms with E-state index in [1.807, 2.05) is 63.2 Å². The fourth-order valence-electron chi connectivity index (χ4n) is 2.30. The van der Waals surface area contributed by atoms with Crippen molar-refractivity contribution in [3.8, 4) is 17.0 Å². The van der Waals surface area contributed by atoms with Gasteiger partial charge in [-0.2, -0.15) is 0 Å². The number of amides is 1. The Labute approximate surface area is 145 Å². The summed E-state index contributed by atoms with van der Waals surface area (Å²) in [7, 11) is 0. The normalized spacial score (nSPS) is 10.5. The fourth-order valence-corrected chi connectivity index (χ4v) is 2.30. The van der Waals surface area contributed by atoms with E-state index in [-0.39, 0.29) is 18.3 Å². The van der Waals surface area contributed by atoms with E-state index in [2.05, 4.69) is 15.6 Å². The van der Waals surface area contributed by atoms with Crippen molar-refractivity contribution in [2.24, 2.45) is 0 Å². The highest BCUT2D eigenvalue weighted by Gasteiger charge is 2.16. The maximum Gasteiger partial charge on any atom is 0.263 e. The molecule has 128 valence electrons. The first-order valence-electron chi connectivity index (χ1n) is 7.92. The third kappa shape index (κ3) is 4.03. The molecule has 25 heavy (non-hydrogen) atoms. The van der Waals surface area contributed by atoms with Gasteiger partial charge < -0.3 is 10.1 Å². The molecular weight excluding hydrogens is 318 g/mol. The summed E-state index contributed by atoms with van der Waals surface area (Å²) in [5.74, 6) is 0.579. The van der Waals surface area contributed by atoms with Gasteiger partial charge in [-0.15, -0.1) is 0 Å². The summed E-state index contributed by atoms with van der Waals surface area (Å²) in [6.07, 6.45) is 0. The van der Waals surface area contributed by atoms with Crippen molar-refractivity contribution in [1.82, 2.24) is 10.3 Å². The topological polar surface area (TPSA) is 77.2 Å². The van der Waals surface area contributed by atoms with Crippen LogP contribution >= 0.6 is 0 Å². The van der Waals surface area contributed by atoms with Crippen molar-refractivity contribution in [3.05, 3.63) is 59.2 Å². The molecule has 0 radical (unpaired) electrons.